The van der Waals surface area contributed by atoms with Crippen LogP contribution in [-0.4, -0.2) is 28.7 Å². The molecule has 1 aliphatic heterocycles. The highest BCUT2D eigenvalue weighted by molar-refractivity contribution is 6.22. The number of benzene rings is 3. The summed E-state index contributed by atoms with van der Waals surface area (Å²) in [7, 11) is 0. The van der Waals surface area contributed by atoms with E-state index in [9.17, 15) is 32.3 Å². The highest BCUT2D eigenvalue weighted by Gasteiger charge is 2.41. The Morgan fingerprint density at radius 3 is 2.36 bits per heavy atom. The number of carbonyl (C=O) groups is 3. The Bertz CT molecular complexity index is 1840. The summed E-state index contributed by atoms with van der Waals surface area (Å²) in [6, 6.07) is 11.8. The molecule has 0 spiro atoms. The number of esters is 1. The minimum atomic E-state index is -5.08. The summed E-state index contributed by atoms with van der Waals surface area (Å²) in [5.74, 6) is -4.74. The van der Waals surface area contributed by atoms with Gasteiger partial charge in [-0.3, -0.25) is 19.3 Å². The summed E-state index contributed by atoms with van der Waals surface area (Å²) >= 11 is 0. The van der Waals surface area contributed by atoms with Gasteiger partial charge in [-0.1, -0.05) is 19.1 Å². The van der Waals surface area contributed by atoms with E-state index in [1.807, 2.05) is 6.92 Å². The van der Waals surface area contributed by atoms with Crippen molar-refractivity contribution in [3.8, 4) is 17.2 Å². The molecule has 0 saturated heterocycles. The Labute approximate surface area is 237 Å². The van der Waals surface area contributed by atoms with E-state index in [-0.39, 0.29) is 39.6 Å². The Morgan fingerprint density at radius 1 is 0.952 bits per heavy atom. The van der Waals surface area contributed by atoms with Crippen LogP contribution >= 0.6 is 0 Å². The smallest absolute Gasteiger partial charge is 0.449 e. The first-order valence-corrected chi connectivity index (χ1v) is 13.0. The Morgan fingerprint density at radius 2 is 1.67 bits per heavy atom. The molecule has 0 bridgehead atoms. The predicted octanol–water partition coefficient (Wildman–Crippen LogP) is 6.83. The number of nitrogens with zero attached hydrogens (tertiary/aromatic N) is 1. The van der Waals surface area contributed by atoms with Gasteiger partial charge in [-0.05, 0) is 74.7 Å². The van der Waals surface area contributed by atoms with Gasteiger partial charge in [0.1, 0.15) is 17.1 Å². The molecule has 1 unspecified atom stereocenters. The molecule has 4 aromatic rings. The molecular formula is C31H24F3NO7. The van der Waals surface area contributed by atoms with Crippen molar-refractivity contribution in [2.24, 2.45) is 0 Å². The van der Waals surface area contributed by atoms with Gasteiger partial charge in [0.05, 0.1) is 22.1 Å². The minimum absolute atomic E-state index is 0.0467. The molecule has 11 heteroatoms. The van der Waals surface area contributed by atoms with Crippen LogP contribution in [0.15, 0.2) is 63.8 Å². The van der Waals surface area contributed by atoms with Crippen LogP contribution in [0.2, 0.25) is 0 Å². The molecule has 2 amide bonds. The van der Waals surface area contributed by atoms with E-state index in [1.54, 1.807) is 32.9 Å². The van der Waals surface area contributed by atoms with Crippen molar-refractivity contribution in [1.82, 2.24) is 4.90 Å². The maximum atomic E-state index is 14.0. The molecule has 0 saturated carbocycles. The predicted molar refractivity (Wildman–Crippen MR) is 145 cm³/mol. The van der Waals surface area contributed by atoms with Crippen LogP contribution in [-0.2, 0) is 6.18 Å². The van der Waals surface area contributed by atoms with Crippen molar-refractivity contribution in [3.05, 3.63) is 98.4 Å². The molecule has 2 heterocycles. The molecule has 42 heavy (non-hydrogen) atoms. The number of amides is 2. The first-order chi connectivity index (χ1) is 19.8. The lowest BCUT2D eigenvalue weighted by molar-refractivity contribution is -0.154. The van der Waals surface area contributed by atoms with Gasteiger partial charge < -0.3 is 13.9 Å². The van der Waals surface area contributed by atoms with Gasteiger partial charge in [0, 0.05) is 12.1 Å². The molecule has 0 N–H and O–H groups in total. The van der Waals surface area contributed by atoms with Crippen LogP contribution in [0.1, 0.15) is 68.2 Å². The van der Waals surface area contributed by atoms with Crippen molar-refractivity contribution in [3.63, 3.8) is 0 Å². The van der Waals surface area contributed by atoms with Crippen molar-refractivity contribution in [1.29, 1.82) is 0 Å². The lowest BCUT2D eigenvalue weighted by atomic mass is 10.1. The monoisotopic (exact) mass is 579 g/mol. The van der Waals surface area contributed by atoms with Gasteiger partial charge in [0.25, 0.3) is 17.6 Å². The Kier molecular flexibility index (Phi) is 7.13. The standard InChI is InChI=1S/C31H24F3NO7/c1-5-17(4)35-28(37)20-10-8-18(13-22(20)29(35)38)30(39)40-19-9-11-21-24(14-19)42-27(31(32,33)34)26(25(21)36)41-23-12-15(2)6-7-16(23)3/h6-14,17H,5H2,1-4H3. The second-order valence-corrected chi connectivity index (χ2v) is 10.0. The fourth-order valence-electron chi connectivity index (χ4n) is 4.56. The number of rotatable bonds is 6. The lowest BCUT2D eigenvalue weighted by Gasteiger charge is -2.20. The lowest BCUT2D eigenvalue weighted by Crippen LogP contribution is -2.37. The highest BCUT2D eigenvalue weighted by atomic mass is 19.4. The summed E-state index contributed by atoms with van der Waals surface area (Å²) < 4.78 is 57.8. The van der Waals surface area contributed by atoms with E-state index >= 15 is 0 Å². The van der Waals surface area contributed by atoms with E-state index < -0.39 is 46.5 Å². The average molecular weight is 580 g/mol. The molecule has 0 aliphatic carbocycles. The molecule has 1 atom stereocenters. The quantitative estimate of drug-likeness (QED) is 0.140. The number of hydrogen-bond donors (Lipinski definition) is 0. The molecule has 1 aliphatic rings. The van der Waals surface area contributed by atoms with Gasteiger partial charge >= 0.3 is 12.1 Å². The van der Waals surface area contributed by atoms with Crippen LogP contribution in [0.5, 0.6) is 17.2 Å². The van der Waals surface area contributed by atoms with Gasteiger partial charge in [-0.2, -0.15) is 13.2 Å². The van der Waals surface area contributed by atoms with E-state index in [1.165, 1.54) is 30.3 Å². The average Bonchev–Trinajstić information content (AvgIpc) is 3.19. The first kappa shape index (κ1) is 28.6. The molecule has 216 valence electrons. The van der Waals surface area contributed by atoms with Gasteiger partial charge in [0.15, 0.2) is 0 Å². The largest absolute Gasteiger partial charge is 0.453 e. The fraction of sp³-hybridized carbons (Fsp3) is 0.226. The zero-order valence-electron chi connectivity index (χ0n) is 22.9. The summed E-state index contributed by atoms with van der Waals surface area (Å²) in [6.45, 7) is 6.92. The highest BCUT2D eigenvalue weighted by Crippen LogP contribution is 2.39. The van der Waals surface area contributed by atoms with Crippen LogP contribution in [0, 0.1) is 13.8 Å². The van der Waals surface area contributed by atoms with Crippen LogP contribution < -0.4 is 14.9 Å². The van der Waals surface area contributed by atoms with Crippen LogP contribution in [0.3, 0.4) is 0 Å². The molecule has 3 aromatic carbocycles. The van der Waals surface area contributed by atoms with Crippen molar-refractivity contribution in [2.45, 2.75) is 46.3 Å². The number of alkyl halides is 3. The van der Waals surface area contributed by atoms with Gasteiger partial charge in [-0.15, -0.1) is 0 Å². The van der Waals surface area contributed by atoms with Gasteiger partial charge in [-0.25, -0.2) is 4.79 Å². The number of halogens is 3. The fourth-order valence-corrected chi connectivity index (χ4v) is 4.56. The third kappa shape index (κ3) is 5.02. The molecule has 8 nitrogen and oxygen atoms in total. The number of imide groups is 1. The number of ether oxygens (including phenoxy) is 2. The van der Waals surface area contributed by atoms with E-state index in [4.69, 9.17) is 13.9 Å². The maximum absolute atomic E-state index is 14.0. The topological polar surface area (TPSA) is 103 Å². The van der Waals surface area contributed by atoms with E-state index in [0.717, 1.165) is 17.0 Å². The van der Waals surface area contributed by atoms with Crippen LogP contribution in [0.25, 0.3) is 11.0 Å². The van der Waals surface area contributed by atoms with Gasteiger partial charge in [0.2, 0.25) is 11.2 Å². The molecule has 0 fully saturated rings. The number of fused-ring (bicyclic) bond motifs is 2. The number of carbonyl (C=O) groups excluding carboxylic acids is 3. The SMILES string of the molecule is CCC(C)N1C(=O)c2ccc(C(=O)Oc3ccc4c(=O)c(Oc5cc(C)ccc5C)c(C(F)(F)F)oc4c3)cc2C1=O. The van der Waals surface area contributed by atoms with Crippen LogP contribution in [0.4, 0.5) is 13.2 Å². The molecular weight excluding hydrogens is 555 g/mol. The third-order valence-corrected chi connectivity index (χ3v) is 7.03. The van der Waals surface area contributed by atoms with Crippen molar-refractivity contribution >= 4 is 28.8 Å². The number of hydrogen-bond acceptors (Lipinski definition) is 7. The van der Waals surface area contributed by atoms with E-state index in [0.29, 0.717) is 17.5 Å². The normalized spacial score (nSPS) is 13.8. The molecule has 1 aromatic heterocycles. The van der Waals surface area contributed by atoms with Crippen molar-refractivity contribution < 1.29 is 41.4 Å². The summed E-state index contributed by atoms with van der Waals surface area (Å²) in [4.78, 5) is 52.6. The molecule has 5 rings (SSSR count). The van der Waals surface area contributed by atoms with Crippen molar-refractivity contribution in [2.75, 3.05) is 0 Å². The second-order valence-electron chi connectivity index (χ2n) is 10.0. The first-order valence-electron chi connectivity index (χ1n) is 13.0. The second kappa shape index (κ2) is 10.5. The van der Waals surface area contributed by atoms with E-state index in [2.05, 4.69) is 0 Å². The third-order valence-electron chi connectivity index (χ3n) is 7.03. The maximum Gasteiger partial charge on any atom is 0.453 e. The summed E-state index contributed by atoms with van der Waals surface area (Å²) in [6.07, 6.45) is -4.53. The summed E-state index contributed by atoms with van der Waals surface area (Å²) in [5.41, 5.74) is -0.169. The molecule has 0 radical (unpaired) electrons. The minimum Gasteiger partial charge on any atom is -0.449 e. The Hall–Kier alpha value is -4.93. The zero-order valence-corrected chi connectivity index (χ0v) is 22.9. The summed E-state index contributed by atoms with van der Waals surface area (Å²) in [5, 5.41) is -0.227. The Balaban J connectivity index is 1.48. The zero-order chi connectivity index (χ0) is 30.5. The number of aryl methyl sites for hydroxylation is 2.